The monoisotopic (exact) mass is 314 g/mol. The molecule has 0 bridgehead atoms. The molecule has 0 radical (unpaired) electrons. The van der Waals surface area contributed by atoms with Gasteiger partial charge in [0.05, 0.1) is 6.04 Å². The highest BCUT2D eigenvalue weighted by Gasteiger charge is 2.26. The number of nitrogens with two attached hydrogens (primary N) is 1. The van der Waals surface area contributed by atoms with Crippen molar-refractivity contribution >= 4 is 29.1 Å². The first-order chi connectivity index (χ1) is 9.47. The maximum atomic E-state index is 12.3. The second-order valence-electron chi connectivity index (χ2n) is 5.52. The third-order valence-corrected chi connectivity index (χ3v) is 4.44. The van der Waals surface area contributed by atoms with E-state index in [1.54, 1.807) is 12.1 Å². The molecule has 2 rings (SSSR count). The van der Waals surface area contributed by atoms with Crippen LogP contribution in [-0.4, -0.2) is 11.9 Å². The van der Waals surface area contributed by atoms with Gasteiger partial charge >= 0.3 is 0 Å². The number of benzene rings is 1. The minimum atomic E-state index is -0.134. The van der Waals surface area contributed by atoms with Gasteiger partial charge in [0.25, 0.3) is 0 Å². The van der Waals surface area contributed by atoms with Crippen molar-refractivity contribution in [3.8, 4) is 0 Å². The normalized spacial score (nSPS) is 24.2. The molecule has 3 atom stereocenters. The van der Waals surface area contributed by atoms with Gasteiger partial charge in [-0.05, 0) is 43.9 Å². The number of hydrogen-bond acceptors (Lipinski definition) is 2. The second-order valence-corrected chi connectivity index (χ2v) is 6.36. The second kappa shape index (κ2) is 6.79. The van der Waals surface area contributed by atoms with Gasteiger partial charge in [0.15, 0.2) is 0 Å². The molecule has 3 N–H and O–H groups in total. The Morgan fingerprint density at radius 3 is 2.80 bits per heavy atom. The van der Waals surface area contributed by atoms with Gasteiger partial charge in [-0.1, -0.05) is 35.7 Å². The van der Waals surface area contributed by atoms with Crippen molar-refractivity contribution in [2.24, 2.45) is 11.7 Å². The molecule has 1 aromatic carbocycles. The summed E-state index contributed by atoms with van der Waals surface area (Å²) in [5.41, 5.74) is 6.81. The number of carbonyl (C=O) groups is 1. The van der Waals surface area contributed by atoms with Crippen LogP contribution in [0.2, 0.25) is 10.0 Å². The number of hydrogen-bond donors (Lipinski definition) is 2. The highest BCUT2D eigenvalue weighted by atomic mass is 35.5. The molecular formula is C15H20Cl2N2O. The predicted molar refractivity (Wildman–Crippen MR) is 83.0 cm³/mol. The molecule has 3 unspecified atom stereocenters. The van der Waals surface area contributed by atoms with Gasteiger partial charge in [-0.25, -0.2) is 0 Å². The van der Waals surface area contributed by atoms with Crippen LogP contribution in [0.4, 0.5) is 0 Å². The van der Waals surface area contributed by atoms with E-state index >= 15 is 0 Å². The molecule has 110 valence electrons. The van der Waals surface area contributed by atoms with Gasteiger partial charge in [0.1, 0.15) is 0 Å². The lowest BCUT2D eigenvalue weighted by atomic mass is 9.85. The van der Waals surface area contributed by atoms with E-state index in [0.29, 0.717) is 10.0 Å². The van der Waals surface area contributed by atoms with Crippen LogP contribution in [0.1, 0.15) is 44.2 Å². The average molecular weight is 315 g/mol. The van der Waals surface area contributed by atoms with E-state index in [9.17, 15) is 4.79 Å². The topological polar surface area (TPSA) is 55.1 Å². The maximum Gasteiger partial charge on any atom is 0.223 e. The van der Waals surface area contributed by atoms with Crippen LogP contribution < -0.4 is 11.1 Å². The zero-order valence-corrected chi connectivity index (χ0v) is 13.0. The first-order valence-corrected chi connectivity index (χ1v) is 7.74. The molecule has 3 nitrogen and oxygen atoms in total. The molecule has 1 aliphatic carbocycles. The summed E-state index contributed by atoms with van der Waals surface area (Å²) in [5.74, 6) is 0.0888. The van der Waals surface area contributed by atoms with Gasteiger partial charge in [-0.15, -0.1) is 0 Å². The lowest BCUT2D eigenvalue weighted by Crippen LogP contribution is -2.38. The molecular weight excluding hydrogens is 295 g/mol. The van der Waals surface area contributed by atoms with Crippen LogP contribution in [0.5, 0.6) is 0 Å². The fourth-order valence-corrected chi connectivity index (χ4v) is 3.30. The lowest BCUT2D eigenvalue weighted by Gasteiger charge is -2.27. The smallest absolute Gasteiger partial charge is 0.223 e. The standard InChI is InChI=1S/C15H20Cl2N2O/c1-9(13-6-5-11(16)8-14(13)17)19-15(20)10-3-2-4-12(18)7-10/h5-6,8-10,12H,2-4,7,18H2,1H3,(H,19,20). The van der Waals surface area contributed by atoms with Crippen molar-refractivity contribution in [1.82, 2.24) is 5.32 Å². The van der Waals surface area contributed by atoms with E-state index in [1.807, 2.05) is 13.0 Å². The molecule has 0 spiro atoms. The fourth-order valence-electron chi connectivity index (χ4n) is 2.73. The van der Waals surface area contributed by atoms with Crippen molar-refractivity contribution in [1.29, 1.82) is 0 Å². The Bertz CT molecular complexity index is 493. The van der Waals surface area contributed by atoms with Gasteiger partial charge in [0, 0.05) is 22.0 Å². The summed E-state index contributed by atoms with van der Waals surface area (Å²) in [6, 6.07) is 5.33. The molecule has 0 heterocycles. The molecule has 0 aliphatic heterocycles. The van der Waals surface area contributed by atoms with Crippen LogP contribution in [0, 0.1) is 5.92 Å². The molecule has 20 heavy (non-hydrogen) atoms. The first kappa shape index (κ1) is 15.6. The summed E-state index contributed by atoms with van der Waals surface area (Å²) in [4.78, 5) is 12.3. The zero-order chi connectivity index (χ0) is 14.7. The highest BCUT2D eigenvalue weighted by molar-refractivity contribution is 6.35. The molecule has 0 saturated heterocycles. The highest BCUT2D eigenvalue weighted by Crippen LogP contribution is 2.28. The minimum absolute atomic E-state index is 0.0206. The molecule has 0 aromatic heterocycles. The number of amides is 1. The van der Waals surface area contributed by atoms with Crippen LogP contribution in [0.3, 0.4) is 0 Å². The molecule has 1 fully saturated rings. The Labute approximate surface area is 129 Å². The van der Waals surface area contributed by atoms with Crippen molar-refractivity contribution in [3.05, 3.63) is 33.8 Å². The van der Waals surface area contributed by atoms with Crippen molar-refractivity contribution in [2.75, 3.05) is 0 Å². The van der Waals surface area contributed by atoms with Crippen molar-refractivity contribution in [3.63, 3.8) is 0 Å². The third-order valence-electron chi connectivity index (χ3n) is 3.87. The van der Waals surface area contributed by atoms with Crippen LogP contribution in [0.25, 0.3) is 0 Å². The van der Waals surface area contributed by atoms with Crippen molar-refractivity contribution < 1.29 is 4.79 Å². The SMILES string of the molecule is CC(NC(=O)C1CCCC(N)C1)c1ccc(Cl)cc1Cl. The molecule has 5 heteroatoms. The first-order valence-electron chi connectivity index (χ1n) is 6.98. The summed E-state index contributed by atoms with van der Waals surface area (Å²) in [6.45, 7) is 1.93. The van der Waals surface area contributed by atoms with Crippen molar-refractivity contribution in [2.45, 2.75) is 44.7 Å². The van der Waals surface area contributed by atoms with E-state index in [0.717, 1.165) is 31.2 Å². The predicted octanol–water partition coefficient (Wildman–Crippen LogP) is 3.69. The summed E-state index contributed by atoms with van der Waals surface area (Å²) >= 11 is 12.0. The van der Waals surface area contributed by atoms with Crippen LogP contribution in [0.15, 0.2) is 18.2 Å². The summed E-state index contributed by atoms with van der Waals surface area (Å²) in [7, 11) is 0. The van der Waals surface area contributed by atoms with E-state index in [4.69, 9.17) is 28.9 Å². The Kier molecular flexibility index (Phi) is 5.30. The largest absolute Gasteiger partial charge is 0.349 e. The van der Waals surface area contributed by atoms with Gasteiger partial charge in [-0.3, -0.25) is 4.79 Å². The summed E-state index contributed by atoms with van der Waals surface area (Å²) in [5, 5.41) is 4.19. The Morgan fingerprint density at radius 2 is 2.15 bits per heavy atom. The Balaban J connectivity index is 1.99. The van der Waals surface area contributed by atoms with Gasteiger partial charge < -0.3 is 11.1 Å². The van der Waals surface area contributed by atoms with Crippen LogP contribution >= 0.6 is 23.2 Å². The van der Waals surface area contributed by atoms with Crippen LogP contribution in [-0.2, 0) is 4.79 Å². The minimum Gasteiger partial charge on any atom is -0.349 e. The van der Waals surface area contributed by atoms with E-state index in [1.165, 1.54) is 0 Å². The molecule has 1 amide bonds. The quantitative estimate of drug-likeness (QED) is 0.894. The number of carbonyl (C=O) groups excluding carboxylic acids is 1. The third kappa shape index (κ3) is 3.87. The lowest BCUT2D eigenvalue weighted by molar-refractivity contribution is -0.126. The average Bonchev–Trinajstić information content (AvgIpc) is 2.38. The Hall–Kier alpha value is -0.770. The maximum absolute atomic E-state index is 12.3. The van der Waals surface area contributed by atoms with Gasteiger partial charge in [-0.2, -0.15) is 0 Å². The van der Waals surface area contributed by atoms with Gasteiger partial charge in [0.2, 0.25) is 5.91 Å². The molecule has 1 saturated carbocycles. The molecule has 1 aromatic rings. The van der Waals surface area contributed by atoms with E-state index in [2.05, 4.69) is 5.32 Å². The van der Waals surface area contributed by atoms with E-state index in [-0.39, 0.29) is 23.9 Å². The number of halogens is 2. The zero-order valence-electron chi connectivity index (χ0n) is 11.5. The molecule has 1 aliphatic rings. The summed E-state index contributed by atoms with van der Waals surface area (Å²) < 4.78 is 0. The van der Waals surface area contributed by atoms with E-state index < -0.39 is 0 Å². The summed E-state index contributed by atoms with van der Waals surface area (Å²) in [6.07, 6.45) is 3.73. The number of nitrogens with one attached hydrogen (secondary N) is 1. The Morgan fingerprint density at radius 1 is 1.40 bits per heavy atom. The number of rotatable bonds is 3. The fraction of sp³-hybridized carbons (Fsp3) is 0.533.